The van der Waals surface area contributed by atoms with Gasteiger partial charge in [-0.1, -0.05) is 25.7 Å². The van der Waals surface area contributed by atoms with Gasteiger partial charge in [0.2, 0.25) is 5.91 Å². The Morgan fingerprint density at radius 1 is 1.20 bits per heavy atom. The maximum atomic E-state index is 11.4. The Morgan fingerprint density at radius 2 is 1.73 bits per heavy atom. The third-order valence-electron chi connectivity index (χ3n) is 3.39. The summed E-state index contributed by atoms with van der Waals surface area (Å²) in [5.41, 5.74) is 5.53. The topological polar surface area (TPSA) is 55.1 Å². The number of nitrogens with two attached hydrogens (primary N) is 1. The molecule has 88 valence electrons. The van der Waals surface area contributed by atoms with Crippen molar-refractivity contribution in [1.29, 1.82) is 0 Å². The molecule has 0 spiro atoms. The number of hydrogen-bond acceptors (Lipinski definition) is 2. The van der Waals surface area contributed by atoms with Crippen LogP contribution in [0.2, 0.25) is 0 Å². The first-order chi connectivity index (χ1) is 7.11. The lowest BCUT2D eigenvalue weighted by atomic mass is 9.93. The number of nitrogens with one attached hydrogen (secondary N) is 1. The molecule has 1 saturated carbocycles. The van der Waals surface area contributed by atoms with Crippen molar-refractivity contribution in [3.8, 4) is 0 Å². The SMILES string of the molecule is CC(N)C(=O)N[C@H](C)C1CCCCCC1. The Labute approximate surface area is 92.8 Å². The third-order valence-corrected chi connectivity index (χ3v) is 3.39. The Morgan fingerprint density at radius 3 is 2.20 bits per heavy atom. The van der Waals surface area contributed by atoms with Crippen molar-refractivity contribution in [1.82, 2.24) is 5.32 Å². The molecule has 1 rings (SSSR count). The van der Waals surface area contributed by atoms with E-state index in [0.717, 1.165) is 0 Å². The summed E-state index contributed by atoms with van der Waals surface area (Å²) in [4.78, 5) is 11.4. The third kappa shape index (κ3) is 4.20. The lowest BCUT2D eigenvalue weighted by Gasteiger charge is -2.24. The Hall–Kier alpha value is -0.570. The van der Waals surface area contributed by atoms with Crippen LogP contribution in [0.15, 0.2) is 0 Å². The number of carbonyl (C=O) groups excluding carboxylic acids is 1. The number of amides is 1. The van der Waals surface area contributed by atoms with Gasteiger partial charge in [0, 0.05) is 6.04 Å². The molecule has 0 aromatic rings. The van der Waals surface area contributed by atoms with Crippen LogP contribution < -0.4 is 11.1 Å². The summed E-state index contributed by atoms with van der Waals surface area (Å²) in [6.45, 7) is 3.84. The molecule has 1 amide bonds. The zero-order chi connectivity index (χ0) is 11.3. The highest BCUT2D eigenvalue weighted by molar-refractivity contribution is 5.81. The van der Waals surface area contributed by atoms with Gasteiger partial charge < -0.3 is 11.1 Å². The predicted molar refractivity (Wildman–Crippen MR) is 62.4 cm³/mol. The van der Waals surface area contributed by atoms with Crippen molar-refractivity contribution in [3.63, 3.8) is 0 Å². The van der Waals surface area contributed by atoms with E-state index in [1.165, 1.54) is 38.5 Å². The van der Waals surface area contributed by atoms with Crippen LogP contribution in [0.3, 0.4) is 0 Å². The van der Waals surface area contributed by atoms with Crippen LogP contribution in [0.4, 0.5) is 0 Å². The van der Waals surface area contributed by atoms with Crippen molar-refractivity contribution in [2.24, 2.45) is 11.7 Å². The lowest BCUT2D eigenvalue weighted by molar-refractivity contribution is -0.122. The lowest BCUT2D eigenvalue weighted by Crippen LogP contribution is -2.45. The highest BCUT2D eigenvalue weighted by Gasteiger charge is 2.21. The fourth-order valence-electron chi connectivity index (χ4n) is 2.28. The van der Waals surface area contributed by atoms with E-state index in [1.807, 2.05) is 0 Å². The van der Waals surface area contributed by atoms with Gasteiger partial charge in [-0.2, -0.15) is 0 Å². The maximum absolute atomic E-state index is 11.4. The minimum atomic E-state index is -0.391. The predicted octanol–water partition coefficient (Wildman–Crippen LogP) is 1.81. The molecule has 0 aliphatic heterocycles. The molecule has 1 aliphatic carbocycles. The molecule has 1 aliphatic rings. The fraction of sp³-hybridized carbons (Fsp3) is 0.917. The zero-order valence-electron chi connectivity index (χ0n) is 9.96. The Bertz CT molecular complexity index is 196. The van der Waals surface area contributed by atoms with Crippen molar-refractivity contribution in [2.75, 3.05) is 0 Å². The molecule has 0 radical (unpaired) electrons. The molecular weight excluding hydrogens is 188 g/mol. The summed E-state index contributed by atoms with van der Waals surface area (Å²) in [7, 11) is 0. The van der Waals surface area contributed by atoms with Crippen molar-refractivity contribution >= 4 is 5.91 Å². The van der Waals surface area contributed by atoms with E-state index in [9.17, 15) is 4.79 Å². The summed E-state index contributed by atoms with van der Waals surface area (Å²) in [6.07, 6.45) is 7.82. The summed E-state index contributed by atoms with van der Waals surface area (Å²) in [5, 5.41) is 3.01. The first-order valence-corrected chi connectivity index (χ1v) is 6.17. The first-order valence-electron chi connectivity index (χ1n) is 6.17. The first kappa shape index (κ1) is 12.5. The van der Waals surface area contributed by atoms with Crippen LogP contribution in [-0.2, 0) is 4.79 Å². The van der Waals surface area contributed by atoms with Gasteiger partial charge in [0.05, 0.1) is 6.04 Å². The van der Waals surface area contributed by atoms with Gasteiger partial charge in [0.25, 0.3) is 0 Å². The summed E-state index contributed by atoms with van der Waals surface area (Å²) >= 11 is 0. The van der Waals surface area contributed by atoms with Crippen LogP contribution >= 0.6 is 0 Å². The maximum Gasteiger partial charge on any atom is 0.236 e. The van der Waals surface area contributed by atoms with E-state index in [1.54, 1.807) is 6.92 Å². The average molecular weight is 212 g/mol. The van der Waals surface area contributed by atoms with E-state index in [2.05, 4.69) is 12.2 Å². The molecule has 3 heteroatoms. The van der Waals surface area contributed by atoms with Gasteiger partial charge in [-0.25, -0.2) is 0 Å². The fourth-order valence-corrected chi connectivity index (χ4v) is 2.28. The van der Waals surface area contributed by atoms with E-state index in [-0.39, 0.29) is 11.9 Å². The van der Waals surface area contributed by atoms with E-state index in [4.69, 9.17) is 5.73 Å². The number of hydrogen-bond donors (Lipinski definition) is 2. The molecule has 15 heavy (non-hydrogen) atoms. The van der Waals surface area contributed by atoms with Crippen LogP contribution in [0, 0.1) is 5.92 Å². The number of carbonyl (C=O) groups is 1. The second-order valence-corrected chi connectivity index (χ2v) is 4.84. The average Bonchev–Trinajstić information content (AvgIpc) is 2.45. The second kappa shape index (κ2) is 6.11. The Balaban J connectivity index is 2.37. The smallest absolute Gasteiger partial charge is 0.236 e. The number of rotatable bonds is 3. The molecule has 0 heterocycles. The molecule has 2 atom stereocenters. The van der Waals surface area contributed by atoms with Crippen LogP contribution in [0.25, 0.3) is 0 Å². The molecule has 3 nitrogen and oxygen atoms in total. The zero-order valence-corrected chi connectivity index (χ0v) is 9.96. The monoisotopic (exact) mass is 212 g/mol. The van der Waals surface area contributed by atoms with Crippen LogP contribution in [0.1, 0.15) is 52.4 Å². The van der Waals surface area contributed by atoms with Gasteiger partial charge in [-0.15, -0.1) is 0 Å². The van der Waals surface area contributed by atoms with Crippen molar-refractivity contribution in [3.05, 3.63) is 0 Å². The quantitative estimate of drug-likeness (QED) is 0.701. The Kier molecular flexibility index (Phi) is 5.09. The van der Waals surface area contributed by atoms with Gasteiger partial charge in [0.1, 0.15) is 0 Å². The highest BCUT2D eigenvalue weighted by Crippen LogP contribution is 2.25. The molecule has 0 bridgehead atoms. The van der Waals surface area contributed by atoms with E-state index >= 15 is 0 Å². The highest BCUT2D eigenvalue weighted by atomic mass is 16.2. The molecule has 1 unspecified atom stereocenters. The van der Waals surface area contributed by atoms with Crippen molar-refractivity contribution < 1.29 is 4.79 Å². The summed E-state index contributed by atoms with van der Waals surface area (Å²) in [5.74, 6) is 0.627. The summed E-state index contributed by atoms with van der Waals surface area (Å²) in [6, 6.07) is -0.111. The van der Waals surface area contributed by atoms with Crippen LogP contribution in [-0.4, -0.2) is 18.0 Å². The minimum absolute atomic E-state index is 0.0215. The molecule has 3 N–H and O–H groups in total. The second-order valence-electron chi connectivity index (χ2n) is 4.84. The normalized spacial score (nSPS) is 22.9. The van der Waals surface area contributed by atoms with Gasteiger partial charge in [-0.05, 0) is 32.6 Å². The standard InChI is InChI=1S/C12H24N2O/c1-9(13)12(15)14-10(2)11-7-5-3-4-6-8-11/h9-11H,3-8,13H2,1-2H3,(H,14,15)/t9?,10-/m1/s1. The minimum Gasteiger partial charge on any atom is -0.352 e. The largest absolute Gasteiger partial charge is 0.352 e. The van der Waals surface area contributed by atoms with E-state index in [0.29, 0.717) is 5.92 Å². The molecule has 0 aromatic carbocycles. The van der Waals surface area contributed by atoms with Gasteiger partial charge in [0.15, 0.2) is 0 Å². The molecule has 0 aromatic heterocycles. The molecular formula is C12H24N2O. The van der Waals surface area contributed by atoms with Gasteiger partial charge >= 0.3 is 0 Å². The summed E-state index contributed by atoms with van der Waals surface area (Å²) < 4.78 is 0. The van der Waals surface area contributed by atoms with Crippen LogP contribution in [0.5, 0.6) is 0 Å². The van der Waals surface area contributed by atoms with Crippen molar-refractivity contribution in [2.45, 2.75) is 64.5 Å². The molecule has 1 fully saturated rings. The van der Waals surface area contributed by atoms with Gasteiger partial charge in [-0.3, -0.25) is 4.79 Å². The van der Waals surface area contributed by atoms with E-state index < -0.39 is 6.04 Å². The molecule has 0 saturated heterocycles.